The first-order valence-electron chi connectivity index (χ1n) is 4.40. The van der Waals surface area contributed by atoms with Crippen LogP contribution in [0.15, 0.2) is 0 Å². The van der Waals surface area contributed by atoms with Crippen molar-refractivity contribution in [3.63, 3.8) is 0 Å². The van der Waals surface area contributed by atoms with Crippen LogP contribution < -0.4 is 0 Å². The van der Waals surface area contributed by atoms with Crippen LogP contribution in [-0.2, 0) is 4.74 Å². The van der Waals surface area contributed by atoms with Gasteiger partial charge in [0.1, 0.15) is 6.54 Å². The summed E-state index contributed by atoms with van der Waals surface area (Å²) >= 11 is 0. The van der Waals surface area contributed by atoms with Crippen LogP contribution in [0.5, 0.6) is 0 Å². The fourth-order valence-corrected chi connectivity index (χ4v) is 0.720. The lowest BCUT2D eigenvalue weighted by molar-refractivity contribution is 0.0978. The van der Waals surface area contributed by atoms with Crippen molar-refractivity contribution in [2.45, 2.75) is 20.8 Å². The molecule has 0 N–H and O–H groups in total. The number of carbonyl (C=O) groups is 1. The summed E-state index contributed by atoms with van der Waals surface area (Å²) < 4.78 is 4.94. The van der Waals surface area contributed by atoms with E-state index in [1.165, 1.54) is 4.90 Å². The Labute approximate surface area is 79.1 Å². The highest BCUT2D eigenvalue weighted by Crippen LogP contribution is 1.97. The molecule has 0 saturated carbocycles. The van der Waals surface area contributed by atoms with E-state index in [1.807, 2.05) is 26.8 Å². The molecular formula is C9H16N2O2. The maximum Gasteiger partial charge on any atom is 0.410 e. The van der Waals surface area contributed by atoms with E-state index in [9.17, 15) is 4.79 Å². The van der Waals surface area contributed by atoms with E-state index < -0.39 is 6.09 Å². The summed E-state index contributed by atoms with van der Waals surface area (Å²) in [6.45, 7) is 6.74. The molecule has 0 rings (SSSR count). The van der Waals surface area contributed by atoms with Crippen LogP contribution in [0.2, 0.25) is 0 Å². The molecule has 1 amide bonds. The Morgan fingerprint density at radius 3 is 2.62 bits per heavy atom. The lowest BCUT2D eigenvalue weighted by Crippen LogP contribution is -2.32. The predicted molar refractivity (Wildman–Crippen MR) is 49.0 cm³/mol. The number of hydrogen-bond donors (Lipinski definition) is 0. The van der Waals surface area contributed by atoms with Crippen LogP contribution >= 0.6 is 0 Å². The molecule has 0 radical (unpaired) electrons. The van der Waals surface area contributed by atoms with Gasteiger partial charge in [0.05, 0.1) is 12.7 Å². The van der Waals surface area contributed by atoms with Gasteiger partial charge in [0.2, 0.25) is 0 Å². The monoisotopic (exact) mass is 184 g/mol. The van der Waals surface area contributed by atoms with Gasteiger partial charge in [0.15, 0.2) is 0 Å². The van der Waals surface area contributed by atoms with Gasteiger partial charge in [-0.25, -0.2) is 4.79 Å². The van der Waals surface area contributed by atoms with Crippen molar-refractivity contribution in [3.8, 4) is 6.07 Å². The molecular weight excluding hydrogens is 168 g/mol. The van der Waals surface area contributed by atoms with Crippen LogP contribution in [-0.4, -0.2) is 30.7 Å². The number of ether oxygens (including phenoxy) is 1. The zero-order valence-corrected chi connectivity index (χ0v) is 8.41. The summed E-state index contributed by atoms with van der Waals surface area (Å²) in [5, 5.41) is 8.39. The summed E-state index contributed by atoms with van der Waals surface area (Å²) in [7, 11) is 0. The number of hydrogen-bond acceptors (Lipinski definition) is 3. The third kappa shape index (κ3) is 5.07. The van der Waals surface area contributed by atoms with Gasteiger partial charge in [-0.15, -0.1) is 0 Å². The minimum atomic E-state index is -0.405. The van der Waals surface area contributed by atoms with Crippen LogP contribution in [0.4, 0.5) is 4.79 Å². The van der Waals surface area contributed by atoms with Crippen molar-refractivity contribution in [1.29, 1.82) is 5.26 Å². The highest BCUT2D eigenvalue weighted by molar-refractivity contribution is 5.67. The van der Waals surface area contributed by atoms with Gasteiger partial charge in [0, 0.05) is 6.54 Å². The molecule has 0 aromatic carbocycles. The number of amides is 1. The van der Waals surface area contributed by atoms with Gasteiger partial charge >= 0.3 is 6.09 Å². The molecule has 0 unspecified atom stereocenters. The molecule has 0 bridgehead atoms. The van der Waals surface area contributed by atoms with Gasteiger partial charge < -0.3 is 4.74 Å². The summed E-state index contributed by atoms with van der Waals surface area (Å²) in [5.41, 5.74) is 0. The van der Waals surface area contributed by atoms with E-state index in [4.69, 9.17) is 10.00 Å². The molecule has 0 aromatic heterocycles. The minimum Gasteiger partial charge on any atom is -0.449 e. The zero-order chi connectivity index (χ0) is 10.3. The van der Waals surface area contributed by atoms with Gasteiger partial charge in [0.25, 0.3) is 0 Å². The second-order valence-electron chi connectivity index (χ2n) is 3.14. The van der Waals surface area contributed by atoms with Crippen molar-refractivity contribution in [3.05, 3.63) is 0 Å². The minimum absolute atomic E-state index is 0.0907. The van der Waals surface area contributed by atoms with E-state index >= 15 is 0 Å². The van der Waals surface area contributed by atoms with Crippen LogP contribution in [0.1, 0.15) is 20.8 Å². The maximum absolute atomic E-state index is 11.2. The summed E-state index contributed by atoms with van der Waals surface area (Å²) in [6, 6.07) is 1.91. The fourth-order valence-electron chi connectivity index (χ4n) is 0.720. The molecule has 0 aromatic rings. The normalized spacial score (nSPS) is 9.46. The van der Waals surface area contributed by atoms with E-state index in [-0.39, 0.29) is 6.54 Å². The largest absolute Gasteiger partial charge is 0.449 e. The Morgan fingerprint density at radius 2 is 2.23 bits per heavy atom. The van der Waals surface area contributed by atoms with E-state index in [0.29, 0.717) is 19.1 Å². The summed E-state index contributed by atoms with van der Waals surface area (Å²) in [5.74, 6) is 0.324. The Hall–Kier alpha value is -1.24. The third-order valence-corrected chi connectivity index (χ3v) is 1.44. The first kappa shape index (κ1) is 11.8. The molecule has 0 saturated heterocycles. The Kier molecular flexibility index (Phi) is 5.69. The Bertz CT molecular complexity index is 196. The maximum atomic E-state index is 11.2. The molecule has 4 nitrogen and oxygen atoms in total. The van der Waals surface area contributed by atoms with Crippen molar-refractivity contribution in [1.82, 2.24) is 4.90 Å². The van der Waals surface area contributed by atoms with Crippen molar-refractivity contribution in [2.24, 2.45) is 5.92 Å². The predicted octanol–water partition coefficient (Wildman–Crippen LogP) is 1.62. The van der Waals surface area contributed by atoms with Gasteiger partial charge in [-0.1, -0.05) is 13.8 Å². The topological polar surface area (TPSA) is 53.3 Å². The smallest absolute Gasteiger partial charge is 0.410 e. The standard InChI is InChI=1S/C9H16N2O2/c1-4-11(6-5-10)9(12)13-7-8(2)3/h8H,4,6-7H2,1-3H3. The van der Waals surface area contributed by atoms with Crippen molar-refractivity contribution < 1.29 is 9.53 Å². The van der Waals surface area contributed by atoms with Crippen LogP contribution in [0, 0.1) is 17.2 Å². The first-order chi connectivity index (χ1) is 6.11. The summed E-state index contributed by atoms with van der Waals surface area (Å²) in [4.78, 5) is 12.6. The van der Waals surface area contributed by atoms with Gasteiger partial charge in [-0.3, -0.25) is 4.90 Å². The fraction of sp³-hybridized carbons (Fsp3) is 0.778. The van der Waals surface area contributed by atoms with E-state index in [1.54, 1.807) is 0 Å². The molecule has 0 spiro atoms. The molecule has 0 fully saturated rings. The number of carbonyl (C=O) groups excluding carboxylic acids is 1. The number of nitrogens with zero attached hydrogens (tertiary/aromatic N) is 2. The Morgan fingerprint density at radius 1 is 1.62 bits per heavy atom. The average Bonchev–Trinajstić information content (AvgIpc) is 2.10. The van der Waals surface area contributed by atoms with Crippen molar-refractivity contribution >= 4 is 6.09 Å². The SMILES string of the molecule is CCN(CC#N)C(=O)OCC(C)C. The van der Waals surface area contributed by atoms with Gasteiger partial charge in [-0.05, 0) is 12.8 Å². The average molecular weight is 184 g/mol. The molecule has 0 aliphatic rings. The molecule has 0 heterocycles. The van der Waals surface area contributed by atoms with Crippen LogP contribution in [0.25, 0.3) is 0 Å². The highest BCUT2D eigenvalue weighted by Gasteiger charge is 2.12. The highest BCUT2D eigenvalue weighted by atomic mass is 16.6. The van der Waals surface area contributed by atoms with Gasteiger partial charge in [-0.2, -0.15) is 5.26 Å². The third-order valence-electron chi connectivity index (χ3n) is 1.44. The molecule has 13 heavy (non-hydrogen) atoms. The second-order valence-corrected chi connectivity index (χ2v) is 3.14. The van der Waals surface area contributed by atoms with Crippen LogP contribution in [0.3, 0.4) is 0 Å². The van der Waals surface area contributed by atoms with E-state index in [2.05, 4.69) is 0 Å². The quantitative estimate of drug-likeness (QED) is 0.624. The second kappa shape index (κ2) is 6.30. The molecule has 0 aliphatic carbocycles. The van der Waals surface area contributed by atoms with Crippen molar-refractivity contribution in [2.75, 3.05) is 19.7 Å². The molecule has 74 valence electrons. The first-order valence-corrected chi connectivity index (χ1v) is 4.40. The van der Waals surface area contributed by atoms with E-state index in [0.717, 1.165) is 0 Å². The molecule has 0 aliphatic heterocycles. The number of rotatable bonds is 4. The Balaban J connectivity index is 3.86. The lowest BCUT2D eigenvalue weighted by atomic mass is 10.2. The summed E-state index contributed by atoms with van der Waals surface area (Å²) in [6.07, 6.45) is -0.405. The lowest BCUT2D eigenvalue weighted by Gasteiger charge is -2.17. The molecule has 0 atom stereocenters. The molecule has 4 heteroatoms. The number of nitriles is 1. The zero-order valence-electron chi connectivity index (χ0n) is 8.41.